The van der Waals surface area contributed by atoms with Crippen LogP contribution < -0.4 is 14.2 Å². The van der Waals surface area contributed by atoms with E-state index in [1.807, 2.05) is 6.92 Å². The molecule has 0 bridgehead atoms. The first kappa shape index (κ1) is 21.3. The fourth-order valence-electron chi connectivity index (χ4n) is 2.91. The number of hydrogen-bond donors (Lipinski definition) is 1. The fraction of sp³-hybridized carbons (Fsp3) is 0.136. The highest BCUT2D eigenvalue weighted by Gasteiger charge is 2.14. The molecule has 1 N–H and O–H groups in total. The summed E-state index contributed by atoms with van der Waals surface area (Å²) < 4.78 is 40.7. The van der Waals surface area contributed by atoms with E-state index in [0.717, 1.165) is 0 Å². The molecular formula is C22H21N5O4S. The molecule has 0 aliphatic heterocycles. The number of anilines is 1. The van der Waals surface area contributed by atoms with Crippen LogP contribution in [0.1, 0.15) is 12.7 Å². The van der Waals surface area contributed by atoms with Gasteiger partial charge in [-0.3, -0.25) is 9.29 Å². The van der Waals surface area contributed by atoms with Gasteiger partial charge in [-0.2, -0.15) is 4.98 Å². The van der Waals surface area contributed by atoms with Crippen LogP contribution in [-0.4, -0.2) is 34.5 Å². The monoisotopic (exact) mass is 451 g/mol. The standard InChI is InChI=1S/C22H21N5O4S/c1-3-30-18-8-10-20(11-9-18)32(28,29)26-17-4-6-19(7-5-17)31-22-14-21(24-16(2)25-22)27-13-12-23-15-27/h4-15,26H,3H2,1-2H3. The number of aromatic nitrogens is 4. The van der Waals surface area contributed by atoms with Crippen molar-refractivity contribution in [3.8, 4) is 23.2 Å². The number of hydrogen-bond acceptors (Lipinski definition) is 7. The van der Waals surface area contributed by atoms with Crippen molar-refractivity contribution in [3.63, 3.8) is 0 Å². The number of rotatable bonds is 8. The first-order chi connectivity index (χ1) is 15.4. The van der Waals surface area contributed by atoms with Crippen molar-refractivity contribution < 1.29 is 17.9 Å². The van der Waals surface area contributed by atoms with Crippen molar-refractivity contribution in [1.29, 1.82) is 0 Å². The van der Waals surface area contributed by atoms with Crippen molar-refractivity contribution in [1.82, 2.24) is 19.5 Å². The first-order valence-electron chi connectivity index (χ1n) is 9.80. The summed E-state index contributed by atoms with van der Waals surface area (Å²) in [4.78, 5) is 12.8. The van der Waals surface area contributed by atoms with Crippen LogP contribution in [0.15, 0.2) is 78.2 Å². The molecular weight excluding hydrogens is 430 g/mol. The highest BCUT2D eigenvalue weighted by molar-refractivity contribution is 7.92. The van der Waals surface area contributed by atoms with E-state index in [1.54, 1.807) is 72.7 Å². The van der Waals surface area contributed by atoms with Gasteiger partial charge in [-0.15, -0.1) is 0 Å². The Labute approximate surface area is 185 Å². The lowest BCUT2D eigenvalue weighted by atomic mass is 10.3. The van der Waals surface area contributed by atoms with E-state index in [9.17, 15) is 8.42 Å². The van der Waals surface area contributed by atoms with E-state index in [-0.39, 0.29) is 4.90 Å². The fourth-order valence-corrected chi connectivity index (χ4v) is 3.97. The van der Waals surface area contributed by atoms with Crippen LogP contribution in [0.2, 0.25) is 0 Å². The maximum atomic E-state index is 12.6. The summed E-state index contributed by atoms with van der Waals surface area (Å²) >= 11 is 0. The van der Waals surface area contributed by atoms with Gasteiger partial charge in [0.2, 0.25) is 5.88 Å². The molecule has 0 aliphatic rings. The van der Waals surface area contributed by atoms with Gasteiger partial charge in [0.25, 0.3) is 10.0 Å². The molecule has 2 aromatic heterocycles. The maximum absolute atomic E-state index is 12.6. The van der Waals surface area contributed by atoms with Crippen molar-refractivity contribution in [2.45, 2.75) is 18.7 Å². The van der Waals surface area contributed by atoms with Crippen LogP contribution >= 0.6 is 0 Å². The summed E-state index contributed by atoms with van der Waals surface area (Å²) in [6.07, 6.45) is 5.07. The minimum absolute atomic E-state index is 0.143. The highest BCUT2D eigenvalue weighted by Crippen LogP contribution is 2.25. The summed E-state index contributed by atoms with van der Waals surface area (Å²) in [6.45, 7) is 4.15. The van der Waals surface area contributed by atoms with E-state index in [1.165, 1.54) is 12.1 Å². The van der Waals surface area contributed by atoms with Crippen LogP contribution in [0, 0.1) is 6.92 Å². The Bertz CT molecular complexity index is 1290. The smallest absolute Gasteiger partial charge is 0.261 e. The molecule has 2 heterocycles. The number of imidazole rings is 1. The predicted molar refractivity (Wildman–Crippen MR) is 119 cm³/mol. The summed E-state index contributed by atoms with van der Waals surface area (Å²) in [5.41, 5.74) is 0.407. The highest BCUT2D eigenvalue weighted by atomic mass is 32.2. The molecule has 0 saturated heterocycles. The lowest BCUT2D eigenvalue weighted by Gasteiger charge is -2.11. The van der Waals surface area contributed by atoms with Crippen LogP contribution in [0.4, 0.5) is 5.69 Å². The third-order valence-corrected chi connectivity index (χ3v) is 5.74. The molecule has 164 valence electrons. The quantitative estimate of drug-likeness (QED) is 0.432. The SMILES string of the molecule is CCOc1ccc(S(=O)(=O)Nc2ccc(Oc3cc(-n4ccnc4)nc(C)n3)cc2)cc1. The molecule has 0 saturated carbocycles. The molecule has 2 aromatic carbocycles. The number of sulfonamides is 1. The number of benzene rings is 2. The van der Waals surface area contributed by atoms with Gasteiger partial charge in [-0.25, -0.2) is 18.4 Å². The zero-order valence-electron chi connectivity index (χ0n) is 17.5. The van der Waals surface area contributed by atoms with Crippen LogP contribution in [0.5, 0.6) is 17.4 Å². The molecule has 0 aliphatic carbocycles. The van der Waals surface area contributed by atoms with E-state index in [2.05, 4.69) is 19.7 Å². The molecule has 4 aromatic rings. The summed E-state index contributed by atoms with van der Waals surface area (Å²) in [6, 6.07) is 14.5. The second-order valence-electron chi connectivity index (χ2n) is 6.72. The Kier molecular flexibility index (Phi) is 6.04. The van der Waals surface area contributed by atoms with Crippen LogP contribution in [0.3, 0.4) is 0 Å². The van der Waals surface area contributed by atoms with Crippen molar-refractivity contribution in [2.75, 3.05) is 11.3 Å². The zero-order valence-corrected chi connectivity index (χ0v) is 18.3. The number of ether oxygens (including phenoxy) is 2. The van der Waals surface area contributed by atoms with Gasteiger partial charge in [0.05, 0.1) is 11.5 Å². The average Bonchev–Trinajstić information content (AvgIpc) is 3.30. The Morgan fingerprint density at radius 1 is 1.00 bits per heavy atom. The summed E-state index contributed by atoms with van der Waals surface area (Å²) in [7, 11) is -3.73. The van der Waals surface area contributed by atoms with E-state index in [4.69, 9.17) is 9.47 Å². The van der Waals surface area contributed by atoms with Crippen molar-refractivity contribution in [3.05, 3.63) is 79.1 Å². The Morgan fingerprint density at radius 2 is 1.72 bits per heavy atom. The second kappa shape index (κ2) is 9.06. The van der Waals surface area contributed by atoms with Crippen molar-refractivity contribution >= 4 is 15.7 Å². The summed E-state index contributed by atoms with van der Waals surface area (Å²) in [5.74, 6) is 2.66. The maximum Gasteiger partial charge on any atom is 0.261 e. The molecule has 0 radical (unpaired) electrons. The number of nitrogens with one attached hydrogen (secondary N) is 1. The molecule has 0 fully saturated rings. The molecule has 0 unspecified atom stereocenters. The van der Waals surface area contributed by atoms with Gasteiger partial charge >= 0.3 is 0 Å². The topological polar surface area (TPSA) is 108 Å². The van der Waals surface area contributed by atoms with E-state index in [0.29, 0.717) is 41.3 Å². The first-order valence-corrected chi connectivity index (χ1v) is 11.3. The normalized spacial score (nSPS) is 11.2. The molecule has 32 heavy (non-hydrogen) atoms. The van der Waals surface area contributed by atoms with Gasteiger partial charge in [0.1, 0.15) is 29.5 Å². The van der Waals surface area contributed by atoms with E-state index < -0.39 is 10.0 Å². The minimum Gasteiger partial charge on any atom is -0.494 e. The number of aryl methyl sites for hydroxylation is 1. The molecule has 0 amide bonds. The Hall–Kier alpha value is -3.92. The molecule has 4 rings (SSSR count). The van der Waals surface area contributed by atoms with Crippen molar-refractivity contribution in [2.24, 2.45) is 0 Å². The van der Waals surface area contributed by atoms with E-state index >= 15 is 0 Å². The third-order valence-electron chi connectivity index (χ3n) is 4.34. The van der Waals surface area contributed by atoms with Gasteiger partial charge in [0, 0.05) is 24.1 Å². The zero-order chi connectivity index (χ0) is 22.6. The van der Waals surface area contributed by atoms with Gasteiger partial charge < -0.3 is 9.47 Å². The Balaban J connectivity index is 1.46. The van der Waals surface area contributed by atoms with Gasteiger partial charge in [-0.05, 0) is 62.4 Å². The molecule has 0 atom stereocenters. The number of nitrogens with zero attached hydrogens (tertiary/aromatic N) is 4. The van der Waals surface area contributed by atoms with Gasteiger partial charge in [-0.1, -0.05) is 0 Å². The average molecular weight is 452 g/mol. The molecule has 9 nitrogen and oxygen atoms in total. The Morgan fingerprint density at radius 3 is 2.38 bits per heavy atom. The minimum atomic E-state index is -3.73. The van der Waals surface area contributed by atoms with Crippen LogP contribution in [0.25, 0.3) is 5.82 Å². The lowest BCUT2D eigenvalue weighted by molar-refractivity contribution is 0.340. The second-order valence-corrected chi connectivity index (χ2v) is 8.40. The molecule has 0 spiro atoms. The van der Waals surface area contributed by atoms with Crippen LogP contribution in [-0.2, 0) is 10.0 Å². The summed E-state index contributed by atoms with van der Waals surface area (Å²) in [5, 5.41) is 0. The molecule has 10 heteroatoms. The third kappa shape index (κ3) is 5.03. The van der Waals surface area contributed by atoms with Gasteiger partial charge in [0.15, 0.2) is 0 Å². The predicted octanol–water partition coefficient (Wildman–Crippen LogP) is 3.96. The largest absolute Gasteiger partial charge is 0.494 e. The lowest BCUT2D eigenvalue weighted by Crippen LogP contribution is -2.12.